The van der Waals surface area contributed by atoms with E-state index < -0.39 is 0 Å². The number of nitrogens with zero attached hydrogens (tertiary/aromatic N) is 2. The van der Waals surface area contributed by atoms with Gasteiger partial charge >= 0.3 is 0 Å². The van der Waals surface area contributed by atoms with Gasteiger partial charge in [-0.05, 0) is 67.8 Å². The van der Waals surface area contributed by atoms with Gasteiger partial charge in [0.2, 0.25) is 0 Å². The molecule has 4 heteroatoms. The fourth-order valence-corrected chi connectivity index (χ4v) is 5.53. The molecule has 2 heterocycles. The molecule has 0 bridgehead atoms. The summed E-state index contributed by atoms with van der Waals surface area (Å²) in [5, 5.41) is 0. The zero-order valence-corrected chi connectivity index (χ0v) is 17.7. The summed E-state index contributed by atoms with van der Waals surface area (Å²) in [6.07, 6.45) is 10.9. The first-order valence-corrected chi connectivity index (χ1v) is 11.5. The standard InChI is InChI=1S/C24H36N2O2/c1-25-15-22-21-13-23(27-2)24(28-16-18-7-4-8-18)12-19(21)9-10-26(22)14-20(25)11-17-5-3-6-17/h12-13,17-18,20,22H,3-11,14-16H2,1-2H3/t20?,22-/m1/s1. The van der Waals surface area contributed by atoms with Crippen molar-refractivity contribution in [1.82, 2.24) is 9.80 Å². The Morgan fingerprint density at radius 2 is 1.79 bits per heavy atom. The topological polar surface area (TPSA) is 24.9 Å². The predicted molar refractivity (Wildman–Crippen MR) is 112 cm³/mol. The van der Waals surface area contributed by atoms with Crippen LogP contribution < -0.4 is 9.47 Å². The van der Waals surface area contributed by atoms with Gasteiger partial charge in [0.15, 0.2) is 11.5 Å². The molecule has 3 fully saturated rings. The van der Waals surface area contributed by atoms with Crippen molar-refractivity contribution >= 4 is 0 Å². The Balaban J connectivity index is 1.32. The first-order chi connectivity index (χ1) is 13.7. The summed E-state index contributed by atoms with van der Waals surface area (Å²) in [7, 11) is 4.11. The van der Waals surface area contributed by atoms with Crippen LogP contribution in [0.25, 0.3) is 0 Å². The number of hydrogen-bond donors (Lipinski definition) is 0. The van der Waals surface area contributed by atoms with Crippen molar-refractivity contribution in [2.75, 3.05) is 40.4 Å². The van der Waals surface area contributed by atoms with E-state index in [1.54, 1.807) is 7.11 Å². The third-order valence-corrected chi connectivity index (χ3v) is 7.95. The van der Waals surface area contributed by atoms with E-state index in [4.69, 9.17) is 9.47 Å². The maximum atomic E-state index is 6.19. The van der Waals surface area contributed by atoms with E-state index >= 15 is 0 Å². The molecule has 1 aromatic carbocycles. The number of methoxy groups -OCH3 is 1. The summed E-state index contributed by atoms with van der Waals surface area (Å²) in [5.74, 6) is 3.60. The Kier molecular flexibility index (Phi) is 5.27. The van der Waals surface area contributed by atoms with E-state index in [9.17, 15) is 0 Å². The molecular weight excluding hydrogens is 348 g/mol. The van der Waals surface area contributed by atoms with Crippen LogP contribution in [0.5, 0.6) is 11.5 Å². The Hall–Kier alpha value is -1.26. The van der Waals surface area contributed by atoms with Crippen molar-refractivity contribution in [3.63, 3.8) is 0 Å². The Bertz CT molecular complexity index is 698. The number of benzene rings is 1. The highest BCUT2D eigenvalue weighted by molar-refractivity contribution is 5.49. The van der Waals surface area contributed by atoms with Crippen LogP contribution in [0.1, 0.15) is 62.1 Å². The molecule has 1 unspecified atom stereocenters. The second-order valence-corrected chi connectivity index (χ2v) is 9.70. The molecule has 1 aromatic rings. The van der Waals surface area contributed by atoms with Gasteiger partial charge in [-0.3, -0.25) is 4.90 Å². The number of fused-ring (bicyclic) bond motifs is 3. The van der Waals surface area contributed by atoms with Crippen LogP contribution in [0.4, 0.5) is 0 Å². The fourth-order valence-electron chi connectivity index (χ4n) is 5.53. The van der Waals surface area contributed by atoms with Crippen molar-refractivity contribution in [2.24, 2.45) is 11.8 Å². The molecule has 4 aliphatic rings. The summed E-state index contributed by atoms with van der Waals surface area (Å²) in [6, 6.07) is 5.79. The first kappa shape index (κ1) is 18.7. The van der Waals surface area contributed by atoms with Gasteiger partial charge in [-0.15, -0.1) is 0 Å². The molecule has 154 valence electrons. The van der Waals surface area contributed by atoms with Crippen molar-refractivity contribution in [3.8, 4) is 11.5 Å². The molecule has 0 aromatic heterocycles. The van der Waals surface area contributed by atoms with Crippen LogP contribution in [-0.4, -0.2) is 56.2 Å². The average molecular weight is 385 g/mol. The van der Waals surface area contributed by atoms with Gasteiger partial charge in [-0.25, -0.2) is 0 Å². The first-order valence-electron chi connectivity index (χ1n) is 11.5. The van der Waals surface area contributed by atoms with E-state index in [0.29, 0.717) is 6.04 Å². The van der Waals surface area contributed by atoms with Crippen LogP contribution in [0.3, 0.4) is 0 Å². The summed E-state index contributed by atoms with van der Waals surface area (Å²) in [6.45, 7) is 4.38. The zero-order valence-electron chi connectivity index (χ0n) is 17.7. The lowest BCUT2D eigenvalue weighted by Crippen LogP contribution is -2.55. The SMILES string of the molecule is COc1cc2c(cc1OCC1CCC1)CCN1CC(CC3CCC3)N(C)C[C@H]21. The van der Waals surface area contributed by atoms with Gasteiger partial charge in [0.05, 0.1) is 13.7 Å². The molecule has 0 spiro atoms. The number of piperazine rings is 1. The van der Waals surface area contributed by atoms with Crippen molar-refractivity contribution < 1.29 is 9.47 Å². The predicted octanol–water partition coefficient (Wildman–Crippen LogP) is 4.28. The maximum Gasteiger partial charge on any atom is 0.161 e. The highest BCUT2D eigenvalue weighted by Crippen LogP contribution is 2.42. The molecule has 2 atom stereocenters. The second kappa shape index (κ2) is 7.87. The molecule has 4 nitrogen and oxygen atoms in total. The largest absolute Gasteiger partial charge is 0.493 e. The van der Waals surface area contributed by atoms with Crippen LogP contribution in [-0.2, 0) is 6.42 Å². The van der Waals surface area contributed by atoms with Crippen LogP contribution in [0.15, 0.2) is 12.1 Å². The van der Waals surface area contributed by atoms with E-state index in [1.165, 1.54) is 69.2 Å². The highest BCUT2D eigenvalue weighted by Gasteiger charge is 2.38. The zero-order chi connectivity index (χ0) is 19.1. The maximum absolute atomic E-state index is 6.19. The van der Waals surface area contributed by atoms with Gasteiger partial charge in [-0.1, -0.05) is 25.7 Å². The molecule has 2 aliphatic heterocycles. The lowest BCUT2D eigenvalue weighted by molar-refractivity contribution is 0.0217. The summed E-state index contributed by atoms with van der Waals surface area (Å²) in [4.78, 5) is 5.36. The Morgan fingerprint density at radius 3 is 2.46 bits per heavy atom. The third-order valence-electron chi connectivity index (χ3n) is 7.95. The van der Waals surface area contributed by atoms with E-state index in [2.05, 4.69) is 29.0 Å². The van der Waals surface area contributed by atoms with E-state index in [-0.39, 0.29) is 0 Å². The summed E-state index contributed by atoms with van der Waals surface area (Å²) < 4.78 is 11.9. The van der Waals surface area contributed by atoms with Gasteiger partial charge in [0.25, 0.3) is 0 Å². The number of rotatable bonds is 6. The van der Waals surface area contributed by atoms with Gasteiger partial charge in [0.1, 0.15) is 0 Å². The molecule has 0 amide bonds. The van der Waals surface area contributed by atoms with E-state index in [0.717, 1.165) is 48.9 Å². The summed E-state index contributed by atoms with van der Waals surface area (Å²) in [5.41, 5.74) is 2.93. The van der Waals surface area contributed by atoms with Crippen LogP contribution in [0, 0.1) is 11.8 Å². The minimum atomic E-state index is 0.501. The normalized spacial score (nSPS) is 28.8. The van der Waals surface area contributed by atoms with Crippen molar-refractivity contribution in [1.29, 1.82) is 0 Å². The second-order valence-electron chi connectivity index (χ2n) is 9.70. The minimum absolute atomic E-state index is 0.501. The minimum Gasteiger partial charge on any atom is -0.493 e. The molecule has 1 saturated heterocycles. The lowest BCUT2D eigenvalue weighted by Gasteiger charge is -2.49. The lowest BCUT2D eigenvalue weighted by atomic mass is 9.79. The molecule has 28 heavy (non-hydrogen) atoms. The Morgan fingerprint density at radius 1 is 1.00 bits per heavy atom. The van der Waals surface area contributed by atoms with Crippen LogP contribution in [0.2, 0.25) is 0 Å². The molecular formula is C24H36N2O2. The number of hydrogen-bond acceptors (Lipinski definition) is 4. The quantitative estimate of drug-likeness (QED) is 0.731. The molecule has 0 N–H and O–H groups in total. The number of likely N-dealkylation sites (N-methyl/N-ethyl adjacent to an activating group) is 1. The van der Waals surface area contributed by atoms with E-state index in [1.807, 2.05) is 0 Å². The Labute approximate surface area is 170 Å². The fraction of sp³-hybridized carbons (Fsp3) is 0.750. The van der Waals surface area contributed by atoms with Gasteiger partial charge in [-0.2, -0.15) is 0 Å². The van der Waals surface area contributed by atoms with Crippen molar-refractivity contribution in [2.45, 2.75) is 63.5 Å². The smallest absolute Gasteiger partial charge is 0.161 e. The molecule has 2 saturated carbocycles. The van der Waals surface area contributed by atoms with Gasteiger partial charge < -0.3 is 14.4 Å². The van der Waals surface area contributed by atoms with Crippen molar-refractivity contribution in [3.05, 3.63) is 23.3 Å². The molecule has 5 rings (SSSR count). The monoisotopic (exact) mass is 384 g/mol. The van der Waals surface area contributed by atoms with Gasteiger partial charge in [0, 0.05) is 31.7 Å². The molecule has 0 radical (unpaired) electrons. The molecule has 2 aliphatic carbocycles. The number of ether oxygens (including phenoxy) is 2. The highest BCUT2D eigenvalue weighted by atomic mass is 16.5. The third kappa shape index (κ3) is 3.54. The summed E-state index contributed by atoms with van der Waals surface area (Å²) >= 11 is 0. The van der Waals surface area contributed by atoms with Crippen LogP contribution >= 0.6 is 0 Å². The average Bonchev–Trinajstić information content (AvgIpc) is 2.63.